The van der Waals surface area contributed by atoms with Crippen molar-refractivity contribution >= 4 is 5.95 Å². The van der Waals surface area contributed by atoms with Gasteiger partial charge in [0.25, 0.3) is 5.95 Å². The second kappa shape index (κ2) is 8.69. The maximum atomic E-state index is 4.35. The van der Waals surface area contributed by atoms with Crippen molar-refractivity contribution in [1.82, 2.24) is 20.2 Å². The van der Waals surface area contributed by atoms with E-state index < -0.39 is 0 Å². The van der Waals surface area contributed by atoms with Gasteiger partial charge in [0.1, 0.15) is 0 Å². The zero-order valence-corrected chi connectivity index (χ0v) is 16.9. The average Bonchev–Trinajstić information content (AvgIpc) is 3.26. The van der Waals surface area contributed by atoms with Crippen LogP contribution >= 0.6 is 0 Å². The van der Waals surface area contributed by atoms with Gasteiger partial charge in [0, 0.05) is 13.1 Å². The molecule has 0 aliphatic heterocycles. The highest BCUT2D eigenvalue weighted by Gasteiger charge is 2.17. The van der Waals surface area contributed by atoms with Crippen LogP contribution in [0.5, 0.6) is 0 Å². The average molecular weight is 383 g/mol. The van der Waals surface area contributed by atoms with Gasteiger partial charge >= 0.3 is 0 Å². The standard InChI is InChI=1S/C24H25N5/c1-3-16-28(24-25-26-27-29(24)23-12-8-5-9-13-23)18-22-17-21(15-14-19(22)2)20-10-6-4-7-11-20/h4-15,17H,3,16,18H2,1-2H3. The van der Waals surface area contributed by atoms with Gasteiger partial charge in [-0.15, -0.1) is 0 Å². The number of hydrogen-bond acceptors (Lipinski definition) is 4. The van der Waals surface area contributed by atoms with Crippen LogP contribution in [-0.2, 0) is 6.54 Å². The Kier molecular flexibility index (Phi) is 5.66. The SMILES string of the molecule is CCCN(Cc1cc(-c2ccccc2)ccc1C)c1nnnn1-c1ccccc1. The molecule has 146 valence electrons. The molecular formula is C24H25N5. The molecule has 5 nitrogen and oxygen atoms in total. The normalized spacial score (nSPS) is 10.8. The van der Waals surface area contributed by atoms with Crippen molar-refractivity contribution in [3.63, 3.8) is 0 Å². The van der Waals surface area contributed by atoms with Crippen molar-refractivity contribution in [2.45, 2.75) is 26.8 Å². The molecule has 3 aromatic carbocycles. The number of hydrogen-bond donors (Lipinski definition) is 0. The number of para-hydroxylation sites is 1. The molecule has 1 aromatic heterocycles. The Balaban J connectivity index is 1.68. The Morgan fingerprint density at radius 3 is 2.31 bits per heavy atom. The predicted molar refractivity (Wildman–Crippen MR) is 117 cm³/mol. The summed E-state index contributed by atoms with van der Waals surface area (Å²) in [6, 6.07) is 27.2. The summed E-state index contributed by atoms with van der Waals surface area (Å²) in [6.45, 7) is 5.97. The van der Waals surface area contributed by atoms with Crippen LogP contribution in [0.25, 0.3) is 16.8 Å². The van der Waals surface area contributed by atoms with Crippen molar-refractivity contribution in [1.29, 1.82) is 0 Å². The first kappa shape index (κ1) is 18.9. The van der Waals surface area contributed by atoms with Crippen LogP contribution in [0.3, 0.4) is 0 Å². The summed E-state index contributed by atoms with van der Waals surface area (Å²) in [5.74, 6) is 0.766. The van der Waals surface area contributed by atoms with E-state index in [9.17, 15) is 0 Å². The lowest BCUT2D eigenvalue weighted by atomic mass is 9.99. The largest absolute Gasteiger partial charge is 0.335 e. The van der Waals surface area contributed by atoms with Crippen LogP contribution in [-0.4, -0.2) is 26.8 Å². The molecule has 0 bridgehead atoms. The highest BCUT2D eigenvalue weighted by Crippen LogP contribution is 2.25. The van der Waals surface area contributed by atoms with Crippen LogP contribution in [0.2, 0.25) is 0 Å². The maximum Gasteiger partial charge on any atom is 0.250 e. The minimum absolute atomic E-state index is 0.757. The lowest BCUT2D eigenvalue weighted by Crippen LogP contribution is -2.27. The maximum absolute atomic E-state index is 4.35. The third-order valence-corrected chi connectivity index (χ3v) is 5.05. The molecule has 0 saturated heterocycles. The lowest BCUT2D eigenvalue weighted by Gasteiger charge is -2.24. The van der Waals surface area contributed by atoms with Gasteiger partial charge in [0.15, 0.2) is 0 Å². The lowest BCUT2D eigenvalue weighted by molar-refractivity contribution is 0.712. The Labute approximate surface area is 171 Å². The molecular weight excluding hydrogens is 358 g/mol. The molecule has 0 fully saturated rings. The van der Waals surface area contributed by atoms with Crippen molar-refractivity contribution in [2.24, 2.45) is 0 Å². The fraction of sp³-hybridized carbons (Fsp3) is 0.208. The molecule has 4 rings (SSSR count). The van der Waals surface area contributed by atoms with Gasteiger partial charge in [0.2, 0.25) is 0 Å². The van der Waals surface area contributed by atoms with Crippen LogP contribution in [0.4, 0.5) is 5.95 Å². The van der Waals surface area contributed by atoms with E-state index in [0.29, 0.717) is 0 Å². The summed E-state index contributed by atoms with van der Waals surface area (Å²) in [6.07, 6.45) is 1.01. The molecule has 1 heterocycles. The van der Waals surface area contributed by atoms with Crippen LogP contribution in [0.1, 0.15) is 24.5 Å². The van der Waals surface area contributed by atoms with Crippen molar-refractivity contribution in [3.8, 4) is 16.8 Å². The second-order valence-corrected chi connectivity index (χ2v) is 7.16. The van der Waals surface area contributed by atoms with E-state index in [2.05, 4.69) is 76.7 Å². The fourth-order valence-electron chi connectivity index (χ4n) is 3.49. The number of tetrazole rings is 1. The molecule has 0 aliphatic carbocycles. The first-order chi connectivity index (χ1) is 14.3. The van der Waals surface area contributed by atoms with Gasteiger partial charge in [0.05, 0.1) is 5.69 Å². The van der Waals surface area contributed by atoms with Crippen molar-refractivity contribution in [3.05, 3.63) is 90.0 Å². The molecule has 0 saturated carbocycles. The van der Waals surface area contributed by atoms with Gasteiger partial charge in [-0.25, -0.2) is 0 Å². The van der Waals surface area contributed by atoms with E-state index in [-0.39, 0.29) is 0 Å². The number of anilines is 1. The topological polar surface area (TPSA) is 46.8 Å². The van der Waals surface area contributed by atoms with E-state index in [0.717, 1.165) is 31.1 Å². The number of benzene rings is 3. The van der Waals surface area contributed by atoms with Gasteiger partial charge in [-0.05, 0) is 64.2 Å². The van der Waals surface area contributed by atoms with Crippen molar-refractivity contribution in [2.75, 3.05) is 11.4 Å². The quantitative estimate of drug-likeness (QED) is 0.448. The minimum atomic E-state index is 0.757. The van der Waals surface area contributed by atoms with Gasteiger partial charge < -0.3 is 4.90 Å². The first-order valence-corrected chi connectivity index (χ1v) is 10.00. The second-order valence-electron chi connectivity index (χ2n) is 7.16. The highest BCUT2D eigenvalue weighted by atomic mass is 15.6. The Morgan fingerprint density at radius 1 is 0.862 bits per heavy atom. The van der Waals surface area contributed by atoms with E-state index >= 15 is 0 Å². The Hall–Kier alpha value is -3.47. The monoisotopic (exact) mass is 383 g/mol. The summed E-state index contributed by atoms with van der Waals surface area (Å²) in [5.41, 5.74) is 5.96. The smallest absolute Gasteiger partial charge is 0.250 e. The van der Waals surface area contributed by atoms with E-state index in [4.69, 9.17) is 0 Å². The predicted octanol–water partition coefficient (Wildman–Crippen LogP) is 5.05. The van der Waals surface area contributed by atoms with Gasteiger partial charge in [-0.2, -0.15) is 4.68 Å². The summed E-state index contributed by atoms with van der Waals surface area (Å²) in [5, 5.41) is 12.5. The number of aryl methyl sites for hydroxylation is 1. The summed E-state index contributed by atoms with van der Waals surface area (Å²) in [7, 11) is 0. The first-order valence-electron chi connectivity index (χ1n) is 10.00. The van der Waals surface area contributed by atoms with E-state index in [1.807, 2.05) is 41.1 Å². The third-order valence-electron chi connectivity index (χ3n) is 5.05. The van der Waals surface area contributed by atoms with Crippen LogP contribution in [0.15, 0.2) is 78.9 Å². The molecule has 0 radical (unpaired) electrons. The molecule has 0 atom stereocenters. The molecule has 4 aromatic rings. The Morgan fingerprint density at radius 2 is 1.59 bits per heavy atom. The zero-order valence-electron chi connectivity index (χ0n) is 16.9. The molecule has 0 spiro atoms. The number of rotatable bonds is 7. The van der Waals surface area contributed by atoms with Crippen LogP contribution in [0, 0.1) is 6.92 Å². The zero-order chi connectivity index (χ0) is 20.1. The van der Waals surface area contributed by atoms with E-state index in [1.54, 1.807) is 0 Å². The molecule has 29 heavy (non-hydrogen) atoms. The molecule has 0 amide bonds. The Bertz CT molecular complexity index is 1060. The summed E-state index contributed by atoms with van der Waals surface area (Å²) < 4.78 is 1.81. The third kappa shape index (κ3) is 4.19. The summed E-state index contributed by atoms with van der Waals surface area (Å²) >= 11 is 0. The van der Waals surface area contributed by atoms with Crippen molar-refractivity contribution < 1.29 is 0 Å². The number of aromatic nitrogens is 4. The molecule has 0 N–H and O–H groups in total. The highest BCUT2D eigenvalue weighted by molar-refractivity contribution is 5.65. The van der Waals surface area contributed by atoms with Gasteiger partial charge in [-0.1, -0.05) is 72.7 Å². The fourth-order valence-corrected chi connectivity index (χ4v) is 3.49. The van der Waals surface area contributed by atoms with Gasteiger partial charge in [-0.3, -0.25) is 0 Å². The molecule has 5 heteroatoms. The summed E-state index contributed by atoms with van der Waals surface area (Å²) in [4.78, 5) is 2.25. The molecule has 0 unspecified atom stereocenters. The van der Waals surface area contributed by atoms with E-state index in [1.165, 1.54) is 22.3 Å². The van der Waals surface area contributed by atoms with Crippen LogP contribution < -0.4 is 4.90 Å². The minimum Gasteiger partial charge on any atom is -0.335 e. The molecule has 0 aliphatic rings. The number of nitrogens with zero attached hydrogens (tertiary/aromatic N) is 5.